The molecule has 2 heterocycles. The molecule has 1 aromatic heterocycles. The molecule has 1 N–H and O–H groups in total. The van der Waals surface area contributed by atoms with E-state index >= 15 is 0 Å². The van der Waals surface area contributed by atoms with Gasteiger partial charge in [0.15, 0.2) is 0 Å². The number of halogens is 1. The van der Waals surface area contributed by atoms with Crippen LogP contribution in [0, 0.1) is 13.8 Å². The molecule has 3 aromatic rings. The van der Waals surface area contributed by atoms with E-state index in [0.29, 0.717) is 17.2 Å². The molecule has 4 rings (SSSR count). The maximum absolute atomic E-state index is 13.4. The first-order valence-corrected chi connectivity index (χ1v) is 12.1. The number of H-pyrrole nitrogens is 1. The molecule has 0 amide bonds. The monoisotopic (exact) mass is 460 g/mol. The Morgan fingerprint density at radius 2 is 1.90 bits per heavy atom. The number of nitrogens with one attached hydrogen (secondary N) is 1. The highest BCUT2D eigenvalue weighted by Gasteiger charge is 2.30. The summed E-state index contributed by atoms with van der Waals surface area (Å²) in [6.45, 7) is 4.71. The van der Waals surface area contributed by atoms with E-state index in [1.807, 2.05) is 26.0 Å². The molecule has 1 fully saturated rings. The summed E-state index contributed by atoms with van der Waals surface area (Å²) in [5.41, 5.74) is 2.93. The second kappa shape index (κ2) is 8.74. The van der Waals surface area contributed by atoms with Gasteiger partial charge in [-0.15, -0.1) is 0 Å². The second-order valence-corrected chi connectivity index (χ2v) is 10.4. The highest BCUT2D eigenvalue weighted by atomic mass is 35.5. The number of aromatic nitrogens is 1. The summed E-state index contributed by atoms with van der Waals surface area (Å²) in [5.74, 6) is 0. The van der Waals surface area contributed by atoms with Crippen molar-refractivity contribution in [2.24, 2.45) is 0 Å². The van der Waals surface area contributed by atoms with Gasteiger partial charge in [0.05, 0.1) is 16.5 Å². The third kappa shape index (κ3) is 4.70. The van der Waals surface area contributed by atoms with Crippen molar-refractivity contribution in [1.82, 2.24) is 9.29 Å². The zero-order valence-corrected chi connectivity index (χ0v) is 19.1. The molecule has 6 nitrogen and oxygen atoms in total. The number of aromatic amines is 1. The number of hydrogen-bond donors (Lipinski definition) is 1. The molecule has 0 aliphatic carbocycles. The molecule has 0 spiro atoms. The van der Waals surface area contributed by atoms with Crippen LogP contribution in [0.4, 0.5) is 0 Å². The number of pyridine rings is 1. The van der Waals surface area contributed by atoms with Crippen molar-refractivity contribution in [3.05, 3.63) is 74.5 Å². The van der Waals surface area contributed by atoms with Crippen molar-refractivity contribution in [3.63, 3.8) is 0 Å². The van der Waals surface area contributed by atoms with E-state index in [1.54, 1.807) is 18.2 Å². The van der Waals surface area contributed by atoms with E-state index in [9.17, 15) is 13.2 Å². The van der Waals surface area contributed by atoms with Gasteiger partial charge >= 0.3 is 0 Å². The van der Waals surface area contributed by atoms with Gasteiger partial charge in [-0.3, -0.25) is 4.79 Å². The van der Waals surface area contributed by atoms with Crippen molar-refractivity contribution in [2.75, 3.05) is 13.2 Å². The maximum atomic E-state index is 13.4. The third-order valence-corrected chi connectivity index (χ3v) is 7.68. The average molecular weight is 461 g/mol. The molecule has 0 saturated carbocycles. The molecule has 1 aliphatic rings. The SMILES string of the molecule is Cc1cc(C)c2[nH]c(=O)c(CN(C[C@@H]3CCCO3)S(=O)(=O)c3ccc(Cl)cc3)cc2c1. The van der Waals surface area contributed by atoms with Crippen LogP contribution in [0.25, 0.3) is 10.9 Å². The molecule has 2 aromatic carbocycles. The summed E-state index contributed by atoms with van der Waals surface area (Å²) in [7, 11) is -3.85. The largest absolute Gasteiger partial charge is 0.377 e. The van der Waals surface area contributed by atoms with E-state index in [-0.39, 0.29) is 29.6 Å². The van der Waals surface area contributed by atoms with Crippen LogP contribution in [0.1, 0.15) is 29.5 Å². The Balaban J connectivity index is 1.74. The Morgan fingerprint density at radius 3 is 2.58 bits per heavy atom. The van der Waals surface area contributed by atoms with Gasteiger partial charge in [0.1, 0.15) is 0 Å². The van der Waals surface area contributed by atoms with E-state index in [2.05, 4.69) is 4.98 Å². The van der Waals surface area contributed by atoms with Crippen molar-refractivity contribution in [3.8, 4) is 0 Å². The Kier molecular flexibility index (Phi) is 6.21. The van der Waals surface area contributed by atoms with Crippen LogP contribution in [-0.2, 0) is 21.3 Å². The number of hydrogen-bond acceptors (Lipinski definition) is 4. The van der Waals surface area contributed by atoms with Crippen LogP contribution in [0.5, 0.6) is 0 Å². The van der Waals surface area contributed by atoms with Crippen molar-refractivity contribution >= 4 is 32.5 Å². The van der Waals surface area contributed by atoms with Crippen LogP contribution in [-0.4, -0.2) is 37.0 Å². The van der Waals surface area contributed by atoms with Crippen LogP contribution < -0.4 is 5.56 Å². The number of aryl methyl sites for hydroxylation is 2. The Hall–Kier alpha value is -2.19. The molecule has 8 heteroatoms. The van der Waals surface area contributed by atoms with Crippen LogP contribution in [0.15, 0.2) is 52.2 Å². The molecule has 0 unspecified atom stereocenters. The van der Waals surface area contributed by atoms with Crippen LogP contribution >= 0.6 is 11.6 Å². The summed E-state index contributed by atoms with van der Waals surface area (Å²) >= 11 is 5.94. The molecular formula is C23H25ClN2O4S. The summed E-state index contributed by atoms with van der Waals surface area (Å²) in [6.07, 6.45) is 1.50. The maximum Gasteiger partial charge on any atom is 0.252 e. The number of ether oxygens (including phenoxy) is 1. The fourth-order valence-electron chi connectivity index (χ4n) is 4.06. The van der Waals surface area contributed by atoms with E-state index in [1.165, 1.54) is 16.4 Å². The minimum atomic E-state index is -3.85. The number of benzene rings is 2. The topological polar surface area (TPSA) is 79.5 Å². The molecule has 0 radical (unpaired) electrons. The lowest BCUT2D eigenvalue weighted by molar-refractivity contribution is 0.0925. The van der Waals surface area contributed by atoms with Gasteiger partial charge in [0.25, 0.3) is 5.56 Å². The molecule has 1 aliphatic heterocycles. The van der Waals surface area contributed by atoms with Gasteiger partial charge in [0.2, 0.25) is 10.0 Å². The molecule has 1 saturated heterocycles. The fraction of sp³-hybridized carbons (Fsp3) is 0.348. The predicted octanol–water partition coefficient (Wildman–Crippen LogP) is 4.17. The zero-order chi connectivity index (χ0) is 22.2. The minimum Gasteiger partial charge on any atom is -0.377 e. The summed E-state index contributed by atoms with van der Waals surface area (Å²) in [5, 5.41) is 1.34. The summed E-state index contributed by atoms with van der Waals surface area (Å²) in [6, 6.07) is 11.8. The average Bonchev–Trinajstić information content (AvgIpc) is 3.22. The first-order chi connectivity index (χ1) is 14.7. The first-order valence-electron chi connectivity index (χ1n) is 10.2. The molecule has 164 valence electrons. The number of fused-ring (bicyclic) bond motifs is 1. The summed E-state index contributed by atoms with van der Waals surface area (Å²) in [4.78, 5) is 15.9. The van der Waals surface area contributed by atoms with E-state index in [4.69, 9.17) is 16.3 Å². The number of nitrogens with zero attached hydrogens (tertiary/aromatic N) is 1. The molecular weight excluding hydrogens is 436 g/mol. The quantitative estimate of drug-likeness (QED) is 0.598. The highest BCUT2D eigenvalue weighted by Crippen LogP contribution is 2.24. The van der Waals surface area contributed by atoms with Crippen molar-refractivity contribution < 1.29 is 13.2 Å². The lowest BCUT2D eigenvalue weighted by atomic mass is 10.1. The minimum absolute atomic E-state index is 0.0386. The molecule has 0 bridgehead atoms. The lowest BCUT2D eigenvalue weighted by Gasteiger charge is -2.25. The third-order valence-electron chi connectivity index (χ3n) is 5.60. The van der Waals surface area contributed by atoms with Gasteiger partial charge in [-0.05, 0) is 74.0 Å². The standard InChI is InChI=1S/C23H25ClN2O4S/c1-15-10-16(2)22-17(11-15)12-18(23(27)25-22)13-26(14-20-4-3-9-30-20)31(28,29)21-7-5-19(24)6-8-21/h5-8,10-12,20H,3-4,9,13-14H2,1-2H3,(H,25,27)/t20-/m0/s1. The molecule has 1 atom stereocenters. The van der Waals surface area contributed by atoms with Crippen molar-refractivity contribution in [1.29, 1.82) is 0 Å². The molecule has 31 heavy (non-hydrogen) atoms. The normalized spacial score (nSPS) is 17.0. The van der Waals surface area contributed by atoms with E-state index in [0.717, 1.165) is 34.9 Å². The summed E-state index contributed by atoms with van der Waals surface area (Å²) < 4.78 is 33.9. The number of sulfonamides is 1. The highest BCUT2D eigenvalue weighted by molar-refractivity contribution is 7.89. The second-order valence-electron chi connectivity index (χ2n) is 8.06. The van der Waals surface area contributed by atoms with Crippen LogP contribution in [0.3, 0.4) is 0 Å². The first kappa shape index (κ1) is 22.0. The van der Waals surface area contributed by atoms with Gasteiger partial charge in [-0.25, -0.2) is 8.42 Å². The Morgan fingerprint density at radius 1 is 1.16 bits per heavy atom. The van der Waals surface area contributed by atoms with Crippen LogP contribution in [0.2, 0.25) is 5.02 Å². The van der Waals surface area contributed by atoms with Gasteiger partial charge in [-0.1, -0.05) is 23.2 Å². The predicted molar refractivity (Wildman–Crippen MR) is 122 cm³/mol. The van der Waals surface area contributed by atoms with Gasteiger partial charge in [0, 0.05) is 30.3 Å². The Labute approximate surface area is 186 Å². The van der Waals surface area contributed by atoms with Crippen molar-refractivity contribution in [2.45, 2.75) is 44.2 Å². The zero-order valence-electron chi connectivity index (χ0n) is 17.5. The van der Waals surface area contributed by atoms with Gasteiger partial charge < -0.3 is 9.72 Å². The Bertz CT molecular complexity index is 1260. The smallest absolute Gasteiger partial charge is 0.252 e. The lowest BCUT2D eigenvalue weighted by Crippen LogP contribution is -2.38. The fourth-order valence-corrected chi connectivity index (χ4v) is 5.63. The van der Waals surface area contributed by atoms with E-state index < -0.39 is 10.0 Å². The van der Waals surface area contributed by atoms with Gasteiger partial charge in [-0.2, -0.15) is 4.31 Å². The number of rotatable bonds is 6.